The fourth-order valence-electron chi connectivity index (χ4n) is 1.17. The lowest BCUT2D eigenvalue weighted by Gasteiger charge is -2.16. The molecular weight excluding hydrogens is 144 g/mol. The topological polar surface area (TPSA) is 0 Å². The van der Waals surface area contributed by atoms with Gasteiger partial charge in [-0.25, -0.2) is 0 Å². The van der Waals surface area contributed by atoms with Gasteiger partial charge in [-0.3, -0.25) is 0 Å². The maximum atomic E-state index is 2.33. The predicted molar refractivity (Wildman–Crippen MR) is 57.2 cm³/mol. The molecule has 0 aromatic heterocycles. The van der Waals surface area contributed by atoms with Crippen molar-refractivity contribution in [2.45, 2.75) is 40.5 Å². The molecule has 0 N–H and O–H groups in total. The van der Waals surface area contributed by atoms with E-state index in [0.29, 0.717) is 0 Å². The summed E-state index contributed by atoms with van der Waals surface area (Å²) in [5.74, 6) is 1.61. The third-order valence-corrected chi connectivity index (χ3v) is 2.46. The fourth-order valence-corrected chi connectivity index (χ4v) is 1.17. The standard InChI is InChI=1S/C12H22/c1-5-7-9-11(3)12(4)10-8-6-2/h5-8,11-12H,9-10H2,1-4H3/b7-5+,8-6+. The van der Waals surface area contributed by atoms with Gasteiger partial charge in [-0.15, -0.1) is 0 Å². The van der Waals surface area contributed by atoms with E-state index in [9.17, 15) is 0 Å². The Morgan fingerprint density at radius 2 is 1.17 bits per heavy atom. The van der Waals surface area contributed by atoms with Crippen LogP contribution in [0.1, 0.15) is 40.5 Å². The summed E-state index contributed by atoms with van der Waals surface area (Å²) < 4.78 is 0. The van der Waals surface area contributed by atoms with Crippen molar-refractivity contribution in [2.24, 2.45) is 11.8 Å². The predicted octanol–water partition coefficient (Wildman–Crippen LogP) is 4.19. The van der Waals surface area contributed by atoms with Crippen molar-refractivity contribution >= 4 is 0 Å². The molecule has 0 nitrogen and oxygen atoms in total. The Morgan fingerprint density at radius 1 is 0.833 bits per heavy atom. The molecule has 0 aliphatic carbocycles. The van der Waals surface area contributed by atoms with E-state index in [4.69, 9.17) is 0 Å². The van der Waals surface area contributed by atoms with E-state index < -0.39 is 0 Å². The van der Waals surface area contributed by atoms with Gasteiger partial charge >= 0.3 is 0 Å². The first-order valence-electron chi connectivity index (χ1n) is 4.94. The van der Waals surface area contributed by atoms with Crippen LogP contribution >= 0.6 is 0 Å². The molecule has 0 bridgehead atoms. The van der Waals surface area contributed by atoms with Gasteiger partial charge < -0.3 is 0 Å². The monoisotopic (exact) mass is 166 g/mol. The molecule has 0 fully saturated rings. The van der Waals surface area contributed by atoms with Gasteiger partial charge in [0.25, 0.3) is 0 Å². The SMILES string of the molecule is C/C=C/CC(C)C(C)C/C=C/C. The van der Waals surface area contributed by atoms with Crippen molar-refractivity contribution in [3.8, 4) is 0 Å². The van der Waals surface area contributed by atoms with Crippen molar-refractivity contribution < 1.29 is 0 Å². The lowest BCUT2D eigenvalue weighted by molar-refractivity contribution is 0.395. The zero-order valence-corrected chi connectivity index (χ0v) is 8.88. The van der Waals surface area contributed by atoms with Crippen molar-refractivity contribution in [3.05, 3.63) is 24.3 Å². The first-order valence-corrected chi connectivity index (χ1v) is 4.94. The molecule has 0 heteroatoms. The third kappa shape index (κ3) is 5.17. The maximum Gasteiger partial charge on any atom is -0.0322 e. The Hall–Kier alpha value is -0.520. The molecule has 2 unspecified atom stereocenters. The molecule has 70 valence electrons. The van der Waals surface area contributed by atoms with Crippen LogP contribution in [0.15, 0.2) is 24.3 Å². The number of allylic oxidation sites excluding steroid dienone is 4. The van der Waals surface area contributed by atoms with E-state index in [0.717, 1.165) is 11.8 Å². The Kier molecular flexibility index (Phi) is 6.84. The van der Waals surface area contributed by atoms with Crippen LogP contribution in [0, 0.1) is 11.8 Å². The van der Waals surface area contributed by atoms with Crippen LogP contribution in [0.5, 0.6) is 0 Å². The van der Waals surface area contributed by atoms with Crippen LogP contribution < -0.4 is 0 Å². The van der Waals surface area contributed by atoms with Crippen molar-refractivity contribution in [3.63, 3.8) is 0 Å². The summed E-state index contributed by atoms with van der Waals surface area (Å²) in [7, 11) is 0. The minimum Gasteiger partial charge on any atom is -0.0917 e. The zero-order valence-electron chi connectivity index (χ0n) is 8.88. The molecule has 2 atom stereocenters. The Labute approximate surface area is 77.4 Å². The van der Waals surface area contributed by atoms with Gasteiger partial charge in [-0.2, -0.15) is 0 Å². The highest BCUT2D eigenvalue weighted by Gasteiger charge is 2.07. The van der Waals surface area contributed by atoms with Crippen molar-refractivity contribution in [1.29, 1.82) is 0 Å². The van der Waals surface area contributed by atoms with Crippen LogP contribution in [-0.4, -0.2) is 0 Å². The van der Waals surface area contributed by atoms with E-state index in [1.165, 1.54) is 12.8 Å². The summed E-state index contributed by atoms with van der Waals surface area (Å²) in [6.07, 6.45) is 11.2. The van der Waals surface area contributed by atoms with Gasteiger partial charge in [0.1, 0.15) is 0 Å². The molecule has 0 radical (unpaired) electrons. The summed E-state index contributed by atoms with van der Waals surface area (Å²) in [6, 6.07) is 0. The van der Waals surface area contributed by atoms with Gasteiger partial charge in [0.2, 0.25) is 0 Å². The second-order valence-corrected chi connectivity index (χ2v) is 3.56. The quantitative estimate of drug-likeness (QED) is 0.537. The average molecular weight is 166 g/mol. The normalized spacial score (nSPS) is 17.3. The van der Waals surface area contributed by atoms with E-state index in [-0.39, 0.29) is 0 Å². The van der Waals surface area contributed by atoms with Crippen LogP contribution in [0.3, 0.4) is 0 Å². The molecule has 12 heavy (non-hydrogen) atoms. The summed E-state index contributed by atoms with van der Waals surface area (Å²) in [6.45, 7) is 8.83. The van der Waals surface area contributed by atoms with Crippen molar-refractivity contribution in [1.82, 2.24) is 0 Å². The largest absolute Gasteiger partial charge is 0.0917 e. The zero-order chi connectivity index (χ0) is 9.40. The minimum absolute atomic E-state index is 0.803. The lowest BCUT2D eigenvalue weighted by atomic mass is 9.90. The summed E-state index contributed by atoms with van der Waals surface area (Å²) in [4.78, 5) is 0. The Bertz CT molecular complexity index is 124. The molecule has 0 aliphatic rings. The molecule has 0 saturated carbocycles. The summed E-state index contributed by atoms with van der Waals surface area (Å²) >= 11 is 0. The minimum atomic E-state index is 0.803. The van der Waals surface area contributed by atoms with Crippen molar-refractivity contribution in [2.75, 3.05) is 0 Å². The molecule has 0 rings (SSSR count). The molecule has 0 aromatic carbocycles. The van der Waals surface area contributed by atoms with Crippen LogP contribution in [0.2, 0.25) is 0 Å². The van der Waals surface area contributed by atoms with Gasteiger partial charge in [-0.05, 0) is 38.5 Å². The summed E-state index contributed by atoms with van der Waals surface area (Å²) in [5, 5.41) is 0. The molecule has 0 heterocycles. The molecule has 0 aromatic rings. The third-order valence-electron chi connectivity index (χ3n) is 2.46. The van der Waals surface area contributed by atoms with E-state index in [1.54, 1.807) is 0 Å². The van der Waals surface area contributed by atoms with Gasteiger partial charge in [0.05, 0.1) is 0 Å². The average Bonchev–Trinajstić information content (AvgIpc) is 2.10. The summed E-state index contributed by atoms with van der Waals surface area (Å²) in [5.41, 5.74) is 0. The Morgan fingerprint density at radius 3 is 1.42 bits per heavy atom. The molecule has 0 saturated heterocycles. The number of hydrogen-bond donors (Lipinski definition) is 0. The van der Waals surface area contributed by atoms with E-state index in [2.05, 4.69) is 52.0 Å². The fraction of sp³-hybridized carbons (Fsp3) is 0.667. The maximum absolute atomic E-state index is 2.33. The molecule has 0 amide bonds. The second kappa shape index (κ2) is 7.15. The van der Waals surface area contributed by atoms with E-state index >= 15 is 0 Å². The second-order valence-electron chi connectivity index (χ2n) is 3.56. The van der Waals surface area contributed by atoms with Crippen LogP contribution in [-0.2, 0) is 0 Å². The van der Waals surface area contributed by atoms with Crippen LogP contribution in [0.25, 0.3) is 0 Å². The first kappa shape index (κ1) is 11.5. The lowest BCUT2D eigenvalue weighted by Crippen LogP contribution is -2.05. The highest BCUT2D eigenvalue weighted by molar-refractivity contribution is 4.84. The smallest absolute Gasteiger partial charge is 0.0322 e. The van der Waals surface area contributed by atoms with Gasteiger partial charge in [0, 0.05) is 0 Å². The molecular formula is C12H22. The van der Waals surface area contributed by atoms with Crippen LogP contribution in [0.4, 0.5) is 0 Å². The number of rotatable bonds is 5. The molecule has 0 spiro atoms. The molecule has 0 aliphatic heterocycles. The first-order chi connectivity index (χ1) is 5.72. The van der Waals surface area contributed by atoms with E-state index in [1.807, 2.05) is 0 Å². The van der Waals surface area contributed by atoms with Gasteiger partial charge in [0.15, 0.2) is 0 Å². The number of hydrogen-bond acceptors (Lipinski definition) is 0. The van der Waals surface area contributed by atoms with Gasteiger partial charge in [-0.1, -0.05) is 38.2 Å². The Balaban J connectivity index is 3.67. The highest BCUT2D eigenvalue weighted by Crippen LogP contribution is 2.19. The highest BCUT2D eigenvalue weighted by atomic mass is 14.1.